The third-order valence-electron chi connectivity index (χ3n) is 8.52. The molecule has 0 saturated carbocycles. The van der Waals surface area contributed by atoms with Crippen LogP contribution in [0, 0.1) is 0 Å². The largest absolute Gasteiger partial charge is 0.466 e. The highest BCUT2D eigenvalue weighted by Crippen LogP contribution is 2.41. The van der Waals surface area contributed by atoms with Crippen LogP contribution in [0.4, 0.5) is 0 Å². The van der Waals surface area contributed by atoms with Crippen LogP contribution in [-0.2, 0) is 48.3 Å². The molecule has 0 aromatic heterocycles. The highest BCUT2D eigenvalue weighted by Gasteiger charge is 2.47. The summed E-state index contributed by atoms with van der Waals surface area (Å²) < 4.78 is 32.1. The summed E-state index contributed by atoms with van der Waals surface area (Å²) in [6.07, 6.45) is 0.918. The number of ether oxygens (including phenoxy) is 5. The van der Waals surface area contributed by atoms with E-state index in [0.29, 0.717) is 19.8 Å². The maximum absolute atomic E-state index is 12.3. The molecule has 0 unspecified atom stereocenters. The van der Waals surface area contributed by atoms with Crippen molar-refractivity contribution in [3.8, 4) is 0 Å². The topological polar surface area (TPSA) is 63.2 Å². The van der Waals surface area contributed by atoms with Crippen molar-refractivity contribution in [2.45, 2.75) is 57.3 Å². The molecule has 1 fully saturated rings. The molecule has 0 radical (unpaired) electrons. The zero-order valence-electron chi connectivity index (χ0n) is 26.7. The van der Waals surface area contributed by atoms with E-state index in [-0.39, 0.29) is 6.10 Å². The summed E-state index contributed by atoms with van der Waals surface area (Å²) in [7, 11) is 1.38. The summed E-state index contributed by atoms with van der Waals surface area (Å²) in [6, 6.07) is 42.6. The molecule has 1 aliphatic heterocycles. The molecule has 0 aliphatic carbocycles. The molecule has 0 N–H and O–H groups in total. The number of carbonyl (C=O) groups excluding carboxylic acids is 1. The lowest BCUT2D eigenvalue weighted by atomic mass is 9.86. The Bertz CT molecular complexity index is 1760. The van der Waals surface area contributed by atoms with Crippen LogP contribution in [0.25, 0.3) is 16.8 Å². The van der Waals surface area contributed by atoms with E-state index in [4.69, 9.17) is 23.7 Å². The number of hydrogen-bond acceptors (Lipinski definition) is 6. The molecule has 1 heterocycles. The zero-order valence-corrected chi connectivity index (χ0v) is 26.7. The number of benzene rings is 5. The summed E-state index contributed by atoms with van der Waals surface area (Å²) in [4.78, 5) is 12.3. The molecule has 1 aliphatic rings. The lowest BCUT2D eigenvalue weighted by Gasteiger charge is -2.46. The minimum atomic E-state index is -0.553. The van der Waals surface area contributed by atoms with E-state index in [2.05, 4.69) is 48.5 Å². The first-order chi connectivity index (χ1) is 23.1. The molecule has 6 rings (SSSR count). The summed E-state index contributed by atoms with van der Waals surface area (Å²) in [5.41, 5.74) is 4.92. The second-order valence-electron chi connectivity index (χ2n) is 11.7. The minimum Gasteiger partial charge on any atom is -0.466 e. The molecule has 0 amide bonds. The number of methoxy groups -OCH3 is 1. The van der Waals surface area contributed by atoms with Gasteiger partial charge in [-0.05, 0) is 51.6 Å². The van der Waals surface area contributed by atoms with Gasteiger partial charge in [0.1, 0.15) is 24.4 Å². The number of hydrogen-bond donors (Lipinski definition) is 0. The van der Waals surface area contributed by atoms with Crippen LogP contribution in [0.5, 0.6) is 0 Å². The van der Waals surface area contributed by atoms with Crippen LogP contribution in [0.1, 0.15) is 40.8 Å². The first-order valence-corrected chi connectivity index (χ1v) is 16.0. The van der Waals surface area contributed by atoms with Gasteiger partial charge in [0.05, 0.1) is 33.0 Å². The van der Waals surface area contributed by atoms with Crippen molar-refractivity contribution in [3.05, 3.63) is 161 Å². The van der Waals surface area contributed by atoms with E-state index >= 15 is 0 Å². The van der Waals surface area contributed by atoms with E-state index < -0.39 is 30.4 Å². The lowest BCUT2D eigenvalue weighted by molar-refractivity contribution is -0.263. The second kappa shape index (κ2) is 15.8. The minimum absolute atomic E-state index is 0.343. The molecular weight excluding hydrogens is 588 g/mol. The Hall–Kier alpha value is -4.59. The fraction of sp³-hybridized carbons (Fsp3) is 0.244. The van der Waals surface area contributed by atoms with Gasteiger partial charge in [0.15, 0.2) is 0 Å². The van der Waals surface area contributed by atoms with Gasteiger partial charge in [0.25, 0.3) is 0 Å². The van der Waals surface area contributed by atoms with Gasteiger partial charge in [-0.25, -0.2) is 4.79 Å². The van der Waals surface area contributed by atoms with Crippen LogP contribution in [0.15, 0.2) is 133 Å². The molecule has 0 spiro atoms. The number of carbonyl (C=O) groups is 1. The fourth-order valence-electron chi connectivity index (χ4n) is 6.13. The Labute approximate surface area is 276 Å². The average Bonchev–Trinajstić information content (AvgIpc) is 3.12. The Balaban J connectivity index is 1.42. The highest BCUT2D eigenvalue weighted by atomic mass is 16.6. The van der Waals surface area contributed by atoms with Crippen molar-refractivity contribution in [1.82, 2.24) is 0 Å². The van der Waals surface area contributed by atoms with Crippen LogP contribution < -0.4 is 0 Å². The highest BCUT2D eigenvalue weighted by molar-refractivity contribution is 5.96. The van der Waals surface area contributed by atoms with Crippen LogP contribution >= 0.6 is 0 Å². The predicted octanol–water partition coefficient (Wildman–Crippen LogP) is 8.24. The van der Waals surface area contributed by atoms with Crippen molar-refractivity contribution < 1.29 is 28.5 Å². The molecular formula is C41H40O6. The zero-order chi connectivity index (χ0) is 32.4. The molecule has 5 atom stereocenters. The average molecular weight is 629 g/mol. The second-order valence-corrected chi connectivity index (χ2v) is 11.7. The SMILES string of the molecule is COC(=O)/C=C/c1c([C@@H]2O[C@@H](C)[C@H](OCc3ccccc3)[C@@H](OCc3ccccc3)[C@H]2OCc2ccccc2)ccc2ccccc12. The van der Waals surface area contributed by atoms with Crippen LogP contribution in [0.3, 0.4) is 0 Å². The van der Waals surface area contributed by atoms with Gasteiger partial charge >= 0.3 is 5.97 Å². The first kappa shape index (κ1) is 32.4. The maximum Gasteiger partial charge on any atom is 0.330 e. The molecule has 1 saturated heterocycles. The van der Waals surface area contributed by atoms with Gasteiger partial charge in [-0.3, -0.25) is 0 Å². The van der Waals surface area contributed by atoms with Gasteiger partial charge in [0, 0.05) is 6.08 Å². The lowest BCUT2D eigenvalue weighted by Crippen LogP contribution is -2.56. The van der Waals surface area contributed by atoms with Crippen LogP contribution in [-0.4, -0.2) is 37.5 Å². The predicted molar refractivity (Wildman–Crippen MR) is 183 cm³/mol. The van der Waals surface area contributed by atoms with Crippen molar-refractivity contribution >= 4 is 22.8 Å². The Morgan fingerprint density at radius 2 is 1.15 bits per heavy atom. The van der Waals surface area contributed by atoms with Crippen LogP contribution in [0.2, 0.25) is 0 Å². The van der Waals surface area contributed by atoms with E-state index in [1.165, 1.54) is 13.2 Å². The normalized spacial score (nSPS) is 21.2. The molecule has 47 heavy (non-hydrogen) atoms. The number of fused-ring (bicyclic) bond motifs is 1. The van der Waals surface area contributed by atoms with E-state index in [9.17, 15) is 4.79 Å². The van der Waals surface area contributed by atoms with Crippen molar-refractivity contribution in [2.75, 3.05) is 7.11 Å². The van der Waals surface area contributed by atoms with Gasteiger partial charge in [-0.2, -0.15) is 0 Å². The van der Waals surface area contributed by atoms with Gasteiger partial charge in [0.2, 0.25) is 0 Å². The van der Waals surface area contributed by atoms with E-state index in [0.717, 1.165) is 38.6 Å². The molecule has 0 bridgehead atoms. The summed E-state index contributed by atoms with van der Waals surface area (Å²) >= 11 is 0. The third kappa shape index (κ3) is 8.05. The summed E-state index contributed by atoms with van der Waals surface area (Å²) in [5.74, 6) is -0.433. The van der Waals surface area contributed by atoms with E-state index in [1.54, 1.807) is 0 Å². The summed E-state index contributed by atoms with van der Waals surface area (Å²) in [5, 5.41) is 2.04. The van der Waals surface area contributed by atoms with E-state index in [1.807, 2.05) is 91.9 Å². The Morgan fingerprint density at radius 3 is 1.72 bits per heavy atom. The first-order valence-electron chi connectivity index (χ1n) is 16.0. The molecule has 6 heteroatoms. The molecule has 6 nitrogen and oxygen atoms in total. The quantitative estimate of drug-likeness (QED) is 0.102. The molecule has 5 aromatic rings. The Kier molecular flexibility index (Phi) is 10.9. The van der Waals surface area contributed by atoms with Gasteiger partial charge in [-0.1, -0.05) is 127 Å². The van der Waals surface area contributed by atoms with Crippen molar-refractivity contribution in [3.63, 3.8) is 0 Å². The van der Waals surface area contributed by atoms with Gasteiger partial charge < -0.3 is 23.7 Å². The smallest absolute Gasteiger partial charge is 0.330 e. The Morgan fingerprint density at radius 1 is 0.638 bits per heavy atom. The van der Waals surface area contributed by atoms with Crippen molar-refractivity contribution in [2.24, 2.45) is 0 Å². The number of rotatable bonds is 12. The van der Waals surface area contributed by atoms with Gasteiger partial charge in [-0.15, -0.1) is 0 Å². The fourth-order valence-corrected chi connectivity index (χ4v) is 6.13. The van der Waals surface area contributed by atoms with Crippen molar-refractivity contribution in [1.29, 1.82) is 0 Å². The molecule has 240 valence electrons. The monoisotopic (exact) mass is 628 g/mol. The maximum atomic E-state index is 12.3. The standard InChI is InChI=1S/C41H40O6/c1-29-38(44-26-30-14-6-3-7-15-30)40(45-27-31-16-8-4-9-17-31)41(46-28-32-18-10-5-11-19-32)39(47-29)36-23-22-33-20-12-13-21-34(33)35(36)24-25-37(42)43-2/h3-25,29,38-41H,26-28H2,1-2H3/b25-24+/t29-,38-,39-,40+,41-/m0/s1. The molecule has 5 aromatic carbocycles. The third-order valence-corrected chi connectivity index (χ3v) is 8.52. The summed E-state index contributed by atoms with van der Waals surface area (Å²) in [6.45, 7) is 3.18. The number of esters is 1.